The first-order valence-electron chi connectivity index (χ1n) is 13.0. The lowest BCUT2D eigenvalue weighted by molar-refractivity contribution is 0.343. The van der Waals surface area contributed by atoms with Gasteiger partial charge in [-0.1, -0.05) is 73.2 Å². The van der Waals surface area contributed by atoms with Crippen LogP contribution in [-0.2, 0) is 0 Å². The van der Waals surface area contributed by atoms with Crippen LogP contribution < -0.4 is 16.8 Å². The van der Waals surface area contributed by atoms with Crippen LogP contribution >= 0.6 is 11.6 Å². The van der Waals surface area contributed by atoms with E-state index in [4.69, 9.17) is 17.3 Å². The summed E-state index contributed by atoms with van der Waals surface area (Å²) in [4.78, 5) is 2.51. The minimum Gasteiger partial charge on any atom is -0.404 e. The van der Waals surface area contributed by atoms with Gasteiger partial charge in [0.2, 0.25) is 0 Å². The summed E-state index contributed by atoms with van der Waals surface area (Å²) in [5.41, 5.74) is 19.6. The second-order valence-corrected chi connectivity index (χ2v) is 10.1. The van der Waals surface area contributed by atoms with Gasteiger partial charge in [-0.2, -0.15) is 0 Å². The number of nitrogens with one attached hydrogen (secondary N) is 1. The first-order valence-corrected chi connectivity index (χ1v) is 13.4. The highest BCUT2D eigenvalue weighted by Gasteiger charge is 2.15. The van der Waals surface area contributed by atoms with Crippen molar-refractivity contribution in [1.29, 1.82) is 0 Å². The fraction of sp³-hybridized carbons (Fsp3) is 0.419. The number of hydrogen-bond donors (Lipinski definition) is 3. The first kappa shape index (κ1) is 29.7. The Labute approximate surface area is 224 Å². The van der Waals surface area contributed by atoms with Gasteiger partial charge in [-0.25, -0.2) is 0 Å². The number of benzene rings is 2. The van der Waals surface area contributed by atoms with E-state index in [2.05, 4.69) is 92.7 Å². The molecule has 3 rings (SSSR count). The lowest BCUT2D eigenvalue weighted by Crippen LogP contribution is -2.29. The van der Waals surface area contributed by atoms with E-state index >= 15 is 0 Å². The summed E-state index contributed by atoms with van der Waals surface area (Å²) in [6.07, 6.45) is 7.46. The molecule has 0 saturated carbocycles. The molecule has 4 nitrogen and oxygen atoms in total. The third kappa shape index (κ3) is 8.26. The molecule has 5 N–H and O–H groups in total. The van der Waals surface area contributed by atoms with Gasteiger partial charge in [0.15, 0.2) is 0 Å². The standard InChI is InChI=1S/C30H40ClN3.CH5N/c1-21(18-24(4)29-22(2)8-9-23(3)30(29)31)19-28(20-32)27-12-10-26(11-13-27)25(5)33-14-17-34-15-6-7-16-34;1-2/h8-13,19-20,24,33H,5-7,14-18,32H2,1-4H3;2H2,1H3/b21-19+,28-20+;. The van der Waals surface area contributed by atoms with Crippen LogP contribution in [0.1, 0.15) is 66.8 Å². The molecule has 5 heteroatoms. The Kier molecular flexibility index (Phi) is 12.3. The lowest BCUT2D eigenvalue weighted by atomic mass is 9.89. The molecule has 0 aromatic heterocycles. The maximum Gasteiger partial charge on any atom is 0.0472 e. The van der Waals surface area contributed by atoms with Crippen LogP contribution in [0.2, 0.25) is 5.02 Å². The van der Waals surface area contributed by atoms with Crippen LogP contribution in [0, 0.1) is 13.8 Å². The van der Waals surface area contributed by atoms with Crippen molar-refractivity contribution in [2.24, 2.45) is 11.5 Å². The van der Waals surface area contributed by atoms with E-state index in [0.29, 0.717) is 5.92 Å². The van der Waals surface area contributed by atoms with Gasteiger partial charge in [-0.3, -0.25) is 0 Å². The first-order chi connectivity index (χ1) is 17.3. The summed E-state index contributed by atoms with van der Waals surface area (Å²) < 4.78 is 0. The van der Waals surface area contributed by atoms with Crippen molar-refractivity contribution in [2.75, 3.05) is 33.2 Å². The summed E-state index contributed by atoms with van der Waals surface area (Å²) in [7, 11) is 1.50. The maximum absolute atomic E-state index is 6.65. The van der Waals surface area contributed by atoms with Crippen molar-refractivity contribution in [3.8, 4) is 0 Å². The topological polar surface area (TPSA) is 67.3 Å². The average Bonchev–Trinajstić information content (AvgIpc) is 3.40. The second kappa shape index (κ2) is 14.9. The van der Waals surface area contributed by atoms with E-state index in [-0.39, 0.29) is 0 Å². The maximum atomic E-state index is 6.65. The summed E-state index contributed by atoms with van der Waals surface area (Å²) in [6.45, 7) is 17.3. The van der Waals surface area contributed by atoms with Crippen LogP contribution in [0.15, 0.2) is 60.8 Å². The van der Waals surface area contributed by atoms with Gasteiger partial charge in [0.05, 0.1) is 0 Å². The molecular weight excluding hydrogens is 464 g/mol. The number of allylic oxidation sites excluding steroid dienone is 3. The normalized spacial score (nSPS) is 15.3. The van der Waals surface area contributed by atoms with Crippen molar-refractivity contribution >= 4 is 22.9 Å². The molecule has 0 bridgehead atoms. The van der Waals surface area contributed by atoms with Crippen LogP contribution in [0.5, 0.6) is 0 Å². The molecular formula is C31H45ClN4. The Morgan fingerprint density at radius 3 is 2.25 bits per heavy atom. The smallest absolute Gasteiger partial charge is 0.0472 e. The molecule has 0 radical (unpaired) electrons. The van der Waals surface area contributed by atoms with E-state index in [0.717, 1.165) is 52.5 Å². The number of likely N-dealkylation sites (tertiary alicyclic amines) is 1. The number of nitrogens with zero attached hydrogens (tertiary/aromatic N) is 1. The molecule has 2 aromatic rings. The summed E-state index contributed by atoms with van der Waals surface area (Å²) in [6, 6.07) is 12.7. The SMILES string of the molecule is C=C(NCCN1CCCC1)c1ccc(C(/C=C(\C)CC(C)c2c(C)ccc(C)c2Cl)=C/N)cc1.CN. The molecule has 0 aliphatic carbocycles. The van der Waals surface area contributed by atoms with Crippen molar-refractivity contribution in [2.45, 2.75) is 52.9 Å². The van der Waals surface area contributed by atoms with Crippen molar-refractivity contribution in [3.63, 3.8) is 0 Å². The molecule has 196 valence electrons. The predicted octanol–water partition coefficient (Wildman–Crippen LogP) is 6.63. The predicted molar refractivity (Wildman–Crippen MR) is 159 cm³/mol. The van der Waals surface area contributed by atoms with Crippen LogP contribution in [-0.4, -0.2) is 38.1 Å². The number of halogens is 1. The molecule has 1 fully saturated rings. The van der Waals surface area contributed by atoms with Crippen molar-refractivity contribution in [1.82, 2.24) is 10.2 Å². The minimum atomic E-state index is 0.333. The monoisotopic (exact) mass is 508 g/mol. The van der Waals surface area contributed by atoms with E-state index < -0.39 is 0 Å². The highest BCUT2D eigenvalue weighted by molar-refractivity contribution is 6.32. The molecule has 1 heterocycles. The molecule has 1 atom stereocenters. The van der Waals surface area contributed by atoms with Gasteiger partial charge in [0, 0.05) is 30.0 Å². The van der Waals surface area contributed by atoms with E-state index in [9.17, 15) is 0 Å². The van der Waals surface area contributed by atoms with Gasteiger partial charge >= 0.3 is 0 Å². The van der Waals surface area contributed by atoms with Gasteiger partial charge in [0.25, 0.3) is 0 Å². The Hall–Kier alpha value is -2.53. The zero-order chi connectivity index (χ0) is 26.7. The van der Waals surface area contributed by atoms with Crippen LogP contribution in [0.25, 0.3) is 11.3 Å². The molecule has 0 amide bonds. The Morgan fingerprint density at radius 1 is 1.06 bits per heavy atom. The van der Waals surface area contributed by atoms with Gasteiger partial charge in [-0.15, -0.1) is 0 Å². The number of nitrogens with two attached hydrogens (primary N) is 2. The second-order valence-electron chi connectivity index (χ2n) is 9.68. The highest BCUT2D eigenvalue weighted by Crippen LogP contribution is 2.34. The molecule has 2 aromatic carbocycles. The fourth-order valence-electron chi connectivity index (χ4n) is 4.88. The highest BCUT2D eigenvalue weighted by atomic mass is 35.5. The van der Waals surface area contributed by atoms with Crippen molar-refractivity contribution in [3.05, 3.63) is 93.7 Å². The Morgan fingerprint density at radius 2 is 1.64 bits per heavy atom. The van der Waals surface area contributed by atoms with E-state index in [1.807, 2.05) is 0 Å². The molecule has 1 saturated heterocycles. The largest absolute Gasteiger partial charge is 0.404 e. The van der Waals surface area contributed by atoms with Crippen LogP contribution in [0.4, 0.5) is 0 Å². The Bertz CT molecular complexity index is 1050. The number of hydrogen-bond acceptors (Lipinski definition) is 4. The average molecular weight is 509 g/mol. The lowest BCUT2D eigenvalue weighted by Gasteiger charge is -2.19. The third-order valence-corrected chi connectivity index (χ3v) is 7.33. The zero-order valence-corrected chi connectivity index (χ0v) is 23.6. The third-order valence-electron chi connectivity index (χ3n) is 6.83. The van der Waals surface area contributed by atoms with E-state index in [1.54, 1.807) is 6.20 Å². The quantitative estimate of drug-likeness (QED) is 0.315. The number of rotatable bonds is 10. The van der Waals surface area contributed by atoms with Gasteiger partial charge < -0.3 is 21.7 Å². The van der Waals surface area contributed by atoms with E-state index in [1.165, 1.54) is 49.7 Å². The molecule has 0 spiro atoms. The zero-order valence-electron chi connectivity index (χ0n) is 22.8. The van der Waals surface area contributed by atoms with Crippen LogP contribution in [0.3, 0.4) is 0 Å². The summed E-state index contributed by atoms with van der Waals surface area (Å²) >= 11 is 6.65. The number of aryl methyl sites for hydroxylation is 2. The fourth-order valence-corrected chi connectivity index (χ4v) is 5.28. The molecule has 1 aliphatic heterocycles. The van der Waals surface area contributed by atoms with Gasteiger partial charge in [0.1, 0.15) is 0 Å². The summed E-state index contributed by atoms with van der Waals surface area (Å²) in [5, 5.41) is 4.36. The molecule has 36 heavy (non-hydrogen) atoms. The molecule has 1 aliphatic rings. The molecule has 1 unspecified atom stereocenters. The van der Waals surface area contributed by atoms with Gasteiger partial charge in [-0.05, 0) is 99.5 Å². The van der Waals surface area contributed by atoms with Crippen molar-refractivity contribution < 1.29 is 0 Å². The Balaban J connectivity index is 0.00000222. The summed E-state index contributed by atoms with van der Waals surface area (Å²) in [5.74, 6) is 0.333. The minimum absolute atomic E-state index is 0.333.